The zero-order chi connectivity index (χ0) is 8.97. The Bertz CT molecular complexity index is 160. The zero-order valence-corrected chi connectivity index (χ0v) is 7.32. The van der Waals surface area contributed by atoms with E-state index in [1.807, 2.05) is 6.92 Å². The van der Waals surface area contributed by atoms with Crippen molar-refractivity contribution in [2.45, 2.75) is 6.92 Å². The molecule has 0 saturated carbocycles. The standard InChI is InChI=1S/C8H15NO3/c1-7(5-10)4-9-2-3-12-6-8(9)11/h7,10H,2-6H2,1H3. The minimum Gasteiger partial charge on any atom is -0.396 e. The zero-order valence-electron chi connectivity index (χ0n) is 7.32. The van der Waals surface area contributed by atoms with Crippen molar-refractivity contribution in [3.8, 4) is 0 Å². The summed E-state index contributed by atoms with van der Waals surface area (Å²) in [4.78, 5) is 12.9. The quantitative estimate of drug-likeness (QED) is 0.624. The molecule has 1 rings (SSSR count). The smallest absolute Gasteiger partial charge is 0.248 e. The highest BCUT2D eigenvalue weighted by molar-refractivity contribution is 5.77. The summed E-state index contributed by atoms with van der Waals surface area (Å²) in [6.45, 7) is 4.15. The Labute approximate surface area is 72.1 Å². The molecule has 1 unspecified atom stereocenters. The molecule has 1 atom stereocenters. The number of rotatable bonds is 3. The summed E-state index contributed by atoms with van der Waals surface area (Å²) in [7, 11) is 0. The van der Waals surface area contributed by atoms with Crippen LogP contribution in [0.15, 0.2) is 0 Å². The highest BCUT2D eigenvalue weighted by Gasteiger charge is 2.19. The molecule has 1 fully saturated rings. The van der Waals surface area contributed by atoms with Gasteiger partial charge in [0.2, 0.25) is 5.91 Å². The third kappa shape index (κ3) is 2.46. The molecule has 1 amide bonds. The highest BCUT2D eigenvalue weighted by atomic mass is 16.5. The maximum atomic E-state index is 11.2. The fourth-order valence-electron chi connectivity index (χ4n) is 1.18. The van der Waals surface area contributed by atoms with Crippen LogP contribution in [0.4, 0.5) is 0 Å². The van der Waals surface area contributed by atoms with E-state index in [0.717, 1.165) is 0 Å². The summed E-state index contributed by atoms with van der Waals surface area (Å²) in [5, 5.41) is 8.78. The predicted molar refractivity (Wildman–Crippen MR) is 43.6 cm³/mol. The number of nitrogens with zero attached hydrogens (tertiary/aromatic N) is 1. The van der Waals surface area contributed by atoms with Gasteiger partial charge in [-0.15, -0.1) is 0 Å². The summed E-state index contributed by atoms with van der Waals surface area (Å²) < 4.78 is 4.97. The molecule has 4 nitrogen and oxygen atoms in total. The summed E-state index contributed by atoms with van der Waals surface area (Å²) in [6.07, 6.45) is 0. The molecule has 1 N–H and O–H groups in total. The number of amides is 1. The van der Waals surface area contributed by atoms with E-state index in [1.165, 1.54) is 0 Å². The van der Waals surface area contributed by atoms with Gasteiger partial charge < -0.3 is 14.7 Å². The van der Waals surface area contributed by atoms with E-state index in [0.29, 0.717) is 19.7 Å². The number of ether oxygens (including phenoxy) is 1. The molecule has 0 radical (unpaired) electrons. The Kier molecular flexibility index (Phi) is 3.49. The molecule has 0 spiro atoms. The van der Waals surface area contributed by atoms with Crippen LogP contribution in [0.1, 0.15) is 6.92 Å². The molecule has 1 saturated heterocycles. The average Bonchev–Trinajstić information content (AvgIpc) is 2.09. The van der Waals surface area contributed by atoms with Crippen molar-refractivity contribution in [2.24, 2.45) is 5.92 Å². The molecule has 0 aromatic carbocycles. The first kappa shape index (κ1) is 9.48. The van der Waals surface area contributed by atoms with Gasteiger partial charge in [-0.05, 0) is 5.92 Å². The van der Waals surface area contributed by atoms with Gasteiger partial charge in [0.25, 0.3) is 0 Å². The number of carbonyl (C=O) groups excluding carboxylic acids is 1. The van der Waals surface area contributed by atoms with Crippen LogP contribution in [-0.4, -0.2) is 48.8 Å². The molecular formula is C8H15NO3. The Morgan fingerprint density at radius 1 is 1.75 bits per heavy atom. The Morgan fingerprint density at radius 3 is 3.08 bits per heavy atom. The first-order valence-electron chi connectivity index (χ1n) is 4.20. The van der Waals surface area contributed by atoms with Gasteiger partial charge in [-0.1, -0.05) is 6.92 Å². The van der Waals surface area contributed by atoms with Crippen molar-refractivity contribution >= 4 is 5.91 Å². The second kappa shape index (κ2) is 4.42. The lowest BCUT2D eigenvalue weighted by Crippen LogP contribution is -2.44. The molecule has 0 aliphatic carbocycles. The lowest BCUT2D eigenvalue weighted by atomic mass is 10.2. The normalized spacial score (nSPS) is 21.2. The third-order valence-electron chi connectivity index (χ3n) is 1.93. The van der Waals surface area contributed by atoms with Gasteiger partial charge in [0, 0.05) is 19.7 Å². The van der Waals surface area contributed by atoms with Crippen molar-refractivity contribution < 1.29 is 14.6 Å². The molecule has 1 heterocycles. The molecule has 0 aromatic heterocycles. The van der Waals surface area contributed by atoms with Gasteiger partial charge >= 0.3 is 0 Å². The van der Waals surface area contributed by atoms with Crippen LogP contribution in [0.3, 0.4) is 0 Å². The number of aliphatic hydroxyl groups excluding tert-OH is 1. The van der Waals surface area contributed by atoms with Gasteiger partial charge in [0.1, 0.15) is 6.61 Å². The van der Waals surface area contributed by atoms with Crippen LogP contribution in [0.2, 0.25) is 0 Å². The molecule has 1 aliphatic heterocycles. The Hall–Kier alpha value is -0.610. The van der Waals surface area contributed by atoms with Crippen LogP contribution in [0.5, 0.6) is 0 Å². The molecule has 4 heteroatoms. The SMILES string of the molecule is CC(CO)CN1CCOCC1=O. The van der Waals surface area contributed by atoms with Crippen molar-refractivity contribution in [3.05, 3.63) is 0 Å². The first-order valence-corrected chi connectivity index (χ1v) is 4.20. The molecule has 1 aliphatic rings. The van der Waals surface area contributed by atoms with E-state index in [2.05, 4.69) is 0 Å². The van der Waals surface area contributed by atoms with Gasteiger partial charge in [-0.25, -0.2) is 0 Å². The Balaban J connectivity index is 2.34. The highest BCUT2D eigenvalue weighted by Crippen LogP contribution is 2.03. The molecule has 0 bridgehead atoms. The van der Waals surface area contributed by atoms with Crippen molar-refractivity contribution in [2.75, 3.05) is 32.9 Å². The van der Waals surface area contributed by atoms with E-state index in [4.69, 9.17) is 9.84 Å². The maximum Gasteiger partial charge on any atom is 0.248 e. The summed E-state index contributed by atoms with van der Waals surface area (Å²) in [5.74, 6) is 0.189. The largest absolute Gasteiger partial charge is 0.396 e. The van der Waals surface area contributed by atoms with Crippen molar-refractivity contribution in [3.63, 3.8) is 0 Å². The summed E-state index contributed by atoms with van der Waals surface area (Å²) in [6, 6.07) is 0. The number of hydrogen-bond acceptors (Lipinski definition) is 3. The molecular weight excluding hydrogens is 158 g/mol. The third-order valence-corrected chi connectivity index (χ3v) is 1.93. The number of carbonyl (C=O) groups is 1. The van der Waals surface area contributed by atoms with E-state index in [9.17, 15) is 4.79 Å². The minimum atomic E-state index is 0.0292. The topological polar surface area (TPSA) is 49.8 Å². The van der Waals surface area contributed by atoms with Crippen LogP contribution in [0.25, 0.3) is 0 Å². The number of morpholine rings is 1. The van der Waals surface area contributed by atoms with Crippen LogP contribution in [-0.2, 0) is 9.53 Å². The Morgan fingerprint density at radius 2 is 2.50 bits per heavy atom. The van der Waals surface area contributed by atoms with Crippen LogP contribution < -0.4 is 0 Å². The van der Waals surface area contributed by atoms with Gasteiger partial charge in [-0.3, -0.25) is 4.79 Å². The molecule has 70 valence electrons. The van der Waals surface area contributed by atoms with E-state index >= 15 is 0 Å². The molecule has 0 aromatic rings. The van der Waals surface area contributed by atoms with Crippen molar-refractivity contribution in [1.29, 1.82) is 0 Å². The maximum absolute atomic E-state index is 11.2. The second-order valence-corrected chi connectivity index (χ2v) is 3.18. The average molecular weight is 173 g/mol. The van der Waals surface area contributed by atoms with E-state index < -0.39 is 0 Å². The van der Waals surface area contributed by atoms with Crippen molar-refractivity contribution in [1.82, 2.24) is 4.90 Å². The fourth-order valence-corrected chi connectivity index (χ4v) is 1.18. The lowest BCUT2D eigenvalue weighted by Gasteiger charge is -2.28. The van der Waals surface area contributed by atoms with Gasteiger partial charge in [0.05, 0.1) is 6.61 Å². The predicted octanol–water partition coefficient (Wildman–Crippen LogP) is -0.526. The number of aliphatic hydroxyl groups is 1. The van der Waals surface area contributed by atoms with E-state index in [-0.39, 0.29) is 25.0 Å². The number of hydrogen-bond donors (Lipinski definition) is 1. The molecule has 12 heavy (non-hydrogen) atoms. The minimum absolute atomic E-state index is 0.0292. The van der Waals surface area contributed by atoms with Gasteiger partial charge in [0.15, 0.2) is 0 Å². The lowest BCUT2D eigenvalue weighted by molar-refractivity contribution is -0.143. The van der Waals surface area contributed by atoms with Crippen LogP contribution >= 0.6 is 0 Å². The van der Waals surface area contributed by atoms with Crippen LogP contribution in [0, 0.1) is 5.92 Å². The van der Waals surface area contributed by atoms with E-state index in [1.54, 1.807) is 4.90 Å². The summed E-state index contributed by atoms with van der Waals surface area (Å²) in [5.41, 5.74) is 0. The monoisotopic (exact) mass is 173 g/mol. The van der Waals surface area contributed by atoms with Gasteiger partial charge in [-0.2, -0.15) is 0 Å². The second-order valence-electron chi connectivity index (χ2n) is 3.18. The summed E-state index contributed by atoms with van der Waals surface area (Å²) >= 11 is 0. The fraction of sp³-hybridized carbons (Fsp3) is 0.875. The first-order chi connectivity index (χ1) is 5.74.